The van der Waals surface area contributed by atoms with Crippen molar-refractivity contribution in [1.82, 2.24) is 14.7 Å². The molecule has 0 atom stereocenters. The van der Waals surface area contributed by atoms with Crippen LogP contribution >= 0.6 is 0 Å². The van der Waals surface area contributed by atoms with Crippen molar-refractivity contribution in [2.75, 3.05) is 6.61 Å². The summed E-state index contributed by atoms with van der Waals surface area (Å²) >= 11 is 0. The van der Waals surface area contributed by atoms with Crippen molar-refractivity contribution in [3.05, 3.63) is 76.2 Å². The lowest BCUT2D eigenvalue weighted by atomic mass is 10.0. The molecule has 4 aromatic rings. The van der Waals surface area contributed by atoms with Crippen molar-refractivity contribution >= 4 is 10.9 Å². The van der Waals surface area contributed by atoms with Crippen LogP contribution < -0.4 is 10.3 Å². The summed E-state index contributed by atoms with van der Waals surface area (Å²) in [5.41, 5.74) is 2.27. The molecule has 0 saturated carbocycles. The number of pyridine rings is 2. The maximum Gasteiger partial charge on any atom is 0.422 e. The molecule has 6 nitrogen and oxygen atoms in total. The molecule has 3 aromatic heterocycles. The molecule has 0 spiro atoms. The SMILES string of the molecule is Cc1noc(C)c1-c1cc2ccc(=O)n(Cc3ccccn3)c2cc1OCC(F)(F)F. The Hall–Kier alpha value is -3.62. The molecule has 9 heteroatoms. The molecule has 0 fully saturated rings. The number of hydrogen-bond donors (Lipinski definition) is 0. The first-order chi connectivity index (χ1) is 14.7. The molecule has 4 rings (SSSR count). The largest absolute Gasteiger partial charge is 0.483 e. The van der Waals surface area contributed by atoms with E-state index in [4.69, 9.17) is 9.26 Å². The van der Waals surface area contributed by atoms with E-state index in [2.05, 4.69) is 10.1 Å². The van der Waals surface area contributed by atoms with Gasteiger partial charge in [0.15, 0.2) is 6.61 Å². The third-order valence-electron chi connectivity index (χ3n) is 4.83. The topological polar surface area (TPSA) is 70.2 Å². The van der Waals surface area contributed by atoms with E-state index in [1.54, 1.807) is 50.4 Å². The smallest absolute Gasteiger partial charge is 0.422 e. The average Bonchev–Trinajstić information content (AvgIpc) is 3.06. The first-order valence-electron chi connectivity index (χ1n) is 9.43. The quantitative estimate of drug-likeness (QED) is 0.462. The Morgan fingerprint density at radius 1 is 1.13 bits per heavy atom. The molecule has 3 heterocycles. The molecular formula is C22H18F3N3O3. The molecule has 0 N–H and O–H groups in total. The van der Waals surface area contributed by atoms with Gasteiger partial charge in [-0.3, -0.25) is 9.78 Å². The van der Waals surface area contributed by atoms with E-state index in [-0.39, 0.29) is 17.9 Å². The van der Waals surface area contributed by atoms with Gasteiger partial charge in [0.2, 0.25) is 0 Å². The van der Waals surface area contributed by atoms with Crippen LogP contribution in [0.2, 0.25) is 0 Å². The molecule has 160 valence electrons. The minimum Gasteiger partial charge on any atom is -0.483 e. The molecular weight excluding hydrogens is 411 g/mol. The number of aromatic nitrogens is 3. The normalized spacial score (nSPS) is 11.8. The second kappa shape index (κ2) is 7.90. The van der Waals surface area contributed by atoms with Crippen molar-refractivity contribution in [3.63, 3.8) is 0 Å². The minimum atomic E-state index is -4.52. The fourth-order valence-corrected chi connectivity index (χ4v) is 3.48. The lowest BCUT2D eigenvalue weighted by molar-refractivity contribution is -0.153. The molecule has 0 radical (unpaired) electrons. The van der Waals surface area contributed by atoms with Crippen LogP contribution in [-0.4, -0.2) is 27.5 Å². The third kappa shape index (κ3) is 4.30. The lowest BCUT2D eigenvalue weighted by Gasteiger charge is -2.17. The zero-order valence-electron chi connectivity index (χ0n) is 16.7. The summed E-state index contributed by atoms with van der Waals surface area (Å²) in [6.07, 6.45) is -2.91. The summed E-state index contributed by atoms with van der Waals surface area (Å²) in [4.78, 5) is 16.8. The number of halogens is 3. The van der Waals surface area contributed by atoms with Crippen LogP contribution in [0.4, 0.5) is 13.2 Å². The van der Waals surface area contributed by atoms with Crippen molar-refractivity contribution < 1.29 is 22.4 Å². The summed E-state index contributed by atoms with van der Waals surface area (Å²) in [7, 11) is 0. The van der Waals surface area contributed by atoms with E-state index < -0.39 is 12.8 Å². The Morgan fingerprint density at radius 2 is 1.94 bits per heavy atom. The highest BCUT2D eigenvalue weighted by Crippen LogP contribution is 2.38. The predicted octanol–water partition coefficient (Wildman–Crippen LogP) is 4.66. The van der Waals surface area contributed by atoms with Gasteiger partial charge < -0.3 is 13.8 Å². The number of rotatable bonds is 5. The van der Waals surface area contributed by atoms with E-state index >= 15 is 0 Å². The van der Waals surface area contributed by atoms with E-state index in [9.17, 15) is 18.0 Å². The highest BCUT2D eigenvalue weighted by molar-refractivity contribution is 5.89. The highest BCUT2D eigenvalue weighted by Gasteiger charge is 2.29. The molecule has 0 unspecified atom stereocenters. The molecule has 0 bridgehead atoms. The number of benzene rings is 1. The van der Waals surface area contributed by atoms with Crippen molar-refractivity contribution in [1.29, 1.82) is 0 Å². The summed E-state index contributed by atoms with van der Waals surface area (Å²) < 4.78 is 50.5. The van der Waals surface area contributed by atoms with Crippen LogP contribution in [-0.2, 0) is 6.54 Å². The summed E-state index contributed by atoms with van der Waals surface area (Å²) in [6.45, 7) is 2.08. The first-order valence-corrected chi connectivity index (χ1v) is 9.43. The monoisotopic (exact) mass is 429 g/mol. The fraction of sp³-hybridized carbons (Fsp3) is 0.227. The fourth-order valence-electron chi connectivity index (χ4n) is 3.48. The number of fused-ring (bicyclic) bond motifs is 1. The van der Waals surface area contributed by atoms with E-state index in [0.717, 1.165) is 0 Å². The number of hydrogen-bond acceptors (Lipinski definition) is 5. The van der Waals surface area contributed by atoms with Crippen LogP contribution in [0.5, 0.6) is 5.75 Å². The van der Waals surface area contributed by atoms with Gasteiger partial charge in [-0.2, -0.15) is 13.2 Å². The minimum absolute atomic E-state index is 0.0143. The van der Waals surface area contributed by atoms with Crippen molar-refractivity contribution in [2.24, 2.45) is 0 Å². The molecule has 0 saturated heterocycles. The number of ether oxygens (including phenoxy) is 1. The number of nitrogens with zero attached hydrogens (tertiary/aromatic N) is 3. The van der Waals surface area contributed by atoms with Gasteiger partial charge in [0.05, 0.1) is 29.0 Å². The molecule has 1 aromatic carbocycles. The van der Waals surface area contributed by atoms with E-state index in [1.807, 2.05) is 0 Å². The Kier molecular flexibility index (Phi) is 5.26. The zero-order chi connectivity index (χ0) is 22.2. The predicted molar refractivity (Wildman–Crippen MR) is 108 cm³/mol. The summed E-state index contributed by atoms with van der Waals surface area (Å²) in [6, 6.07) is 11.5. The average molecular weight is 429 g/mol. The van der Waals surface area contributed by atoms with Crippen LogP contribution in [0, 0.1) is 13.8 Å². The van der Waals surface area contributed by atoms with Crippen molar-refractivity contribution in [3.8, 4) is 16.9 Å². The molecule has 0 aliphatic carbocycles. The van der Waals surface area contributed by atoms with Gasteiger partial charge in [-0.1, -0.05) is 11.2 Å². The van der Waals surface area contributed by atoms with Gasteiger partial charge in [-0.05, 0) is 43.5 Å². The maximum absolute atomic E-state index is 12.9. The maximum atomic E-state index is 12.9. The second-order valence-electron chi connectivity index (χ2n) is 7.09. The first kappa shape index (κ1) is 20.6. The Balaban J connectivity index is 1.92. The van der Waals surface area contributed by atoms with Gasteiger partial charge in [-0.15, -0.1) is 0 Å². The van der Waals surface area contributed by atoms with E-state index in [0.29, 0.717) is 39.2 Å². The van der Waals surface area contributed by atoms with Gasteiger partial charge >= 0.3 is 6.18 Å². The summed E-state index contributed by atoms with van der Waals surface area (Å²) in [5, 5.41) is 4.55. The Morgan fingerprint density at radius 3 is 2.58 bits per heavy atom. The third-order valence-corrected chi connectivity index (χ3v) is 4.83. The van der Waals surface area contributed by atoms with Crippen LogP contribution in [0.3, 0.4) is 0 Å². The molecule has 0 aliphatic rings. The summed E-state index contributed by atoms with van der Waals surface area (Å²) in [5.74, 6) is 0.440. The van der Waals surface area contributed by atoms with Gasteiger partial charge in [0.25, 0.3) is 5.56 Å². The van der Waals surface area contributed by atoms with E-state index in [1.165, 1.54) is 16.7 Å². The van der Waals surface area contributed by atoms with Crippen LogP contribution in [0.15, 0.2) is 58.0 Å². The van der Waals surface area contributed by atoms with Crippen LogP contribution in [0.25, 0.3) is 22.0 Å². The van der Waals surface area contributed by atoms with Gasteiger partial charge in [0, 0.05) is 23.9 Å². The number of aryl methyl sites for hydroxylation is 2. The van der Waals surface area contributed by atoms with Gasteiger partial charge in [-0.25, -0.2) is 0 Å². The highest BCUT2D eigenvalue weighted by atomic mass is 19.4. The van der Waals surface area contributed by atoms with Crippen LogP contribution in [0.1, 0.15) is 17.1 Å². The lowest BCUT2D eigenvalue weighted by Crippen LogP contribution is -2.21. The molecule has 0 aliphatic heterocycles. The molecule has 0 amide bonds. The second-order valence-corrected chi connectivity index (χ2v) is 7.09. The van der Waals surface area contributed by atoms with Gasteiger partial charge in [0.1, 0.15) is 11.5 Å². The Bertz CT molecular complexity index is 1280. The van der Waals surface area contributed by atoms with Crippen molar-refractivity contribution in [2.45, 2.75) is 26.6 Å². The molecule has 31 heavy (non-hydrogen) atoms. The Labute approximate surface area is 174 Å². The standard InChI is InChI=1S/C22H18F3N3O3/c1-13-21(14(2)31-27-13)17-9-15-6-7-20(29)28(11-16-5-3-4-8-26-16)18(15)10-19(17)30-12-22(23,24)25/h3-10H,11-12H2,1-2H3. The zero-order valence-corrected chi connectivity index (χ0v) is 16.7. The number of alkyl halides is 3.